The summed E-state index contributed by atoms with van der Waals surface area (Å²) in [6.07, 6.45) is 4.68. The van der Waals surface area contributed by atoms with Crippen LogP contribution in [0.3, 0.4) is 0 Å². The SMILES string of the molecule is CN1CCCCC1c1ccccc1C=O. The number of aldehydes is 1. The van der Waals surface area contributed by atoms with Crippen molar-refractivity contribution in [1.82, 2.24) is 4.90 Å². The fraction of sp³-hybridized carbons (Fsp3) is 0.462. The van der Waals surface area contributed by atoms with Gasteiger partial charge < -0.3 is 0 Å². The molecule has 1 atom stereocenters. The average Bonchev–Trinajstić information content (AvgIpc) is 2.30. The normalized spacial score (nSPS) is 22.6. The van der Waals surface area contributed by atoms with Gasteiger partial charge in [0.2, 0.25) is 0 Å². The van der Waals surface area contributed by atoms with Gasteiger partial charge >= 0.3 is 0 Å². The minimum Gasteiger partial charge on any atom is -0.299 e. The Balaban J connectivity index is 2.30. The van der Waals surface area contributed by atoms with E-state index in [1.807, 2.05) is 18.2 Å². The zero-order valence-electron chi connectivity index (χ0n) is 9.15. The number of carbonyl (C=O) groups excluding carboxylic acids is 1. The van der Waals surface area contributed by atoms with Gasteiger partial charge in [0.1, 0.15) is 6.29 Å². The second-order valence-corrected chi connectivity index (χ2v) is 4.24. The third kappa shape index (κ3) is 2.10. The molecule has 2 rings (SSSR count). The number of carbonyl (C=O) groups is 1. The molecule has 0 aliphatic carbocycles. The van der Waals surface area contributed by atoms with E-state index in [4.69, 9.17) is 0 Å². The van der Waals surface area contributed by atoms with Crippen LogP contribution in [0.4, 0.5) is 0 Å². The number of piperidine rings is 1. The van der Waals surface area contributed by atoms with Crippen LogP contribution < -0.4 is 0 Å². The van der Waals surface area contributed by atoms with Crippen molar-refractivity contribution in [2.75, 3.05) is 13.6 Å². The number of nitrogens with zero attached hydrogens (tertiary/aromatic N) is 1. The lowest BCUT2D eigenvalue weighted by atomic mass is 9.93. The molecule has 0 saturated carbocycles. The molecule has 1 aliphatic heterocycles. The second kappa shape index (κ2) is 4.58. The Morgan fingerprint density at radius 2 is 2.13 bits per heavy atom. The van der Waals surface area contributed by atoms with E-state index in [1.54, 1.807) is 0 Å². The zero-order valence-corrected chi connectivity index (χ0v) is 9.15. The Bertz CT molecular complexity index is 348. The molecule has 80 valence electrons. The van der Waals surface area contributed by atoms with Crippen LogP contribution >= 0.6 is 0 Å². The first-order chi connectivity index (χ1) is 7.33. The Hall–Kier alpha value is -1.15. The van der Waals surface area contributed by atoms with E-state index in [0.29, 0.717) is 6.04 Å². The summed E-state index contributed by atoms with van der Waals surface area (Å²) in [4.78, 5) is 13.3. The predicted octanol–water partition coefficient (Wildman–Crippen LogP) is 2.66. The highest BCUT2D eigenvalue weighted by Crippen LogP contribution is 2.30. The minimum atomic E-state index is 0.431. The van der Waals surface area contributed by atoms with Gasteiger partial charge in [0.05, 0.1) is 0 Å². The molecule has 0 amide bonds. The molecule has 0 radical (unpaired) electrons. The van der Waals surface area contributed by atoms with Crippen molar-refractivity contribution in [3.05, 3.63) is 35.4 Å². The maximum atomic E-state index is 11.0. The average molecular weight is 203 g/mol. The van der Waals surface area contributed by atoms with E-state index in [1.165, 1.54) is 24.8 Å². The fourth-order valence-corrected chi connectivity index (χ4v) is 2.39. The molecule has 1 aliphatic rings. The third-order valence-corrected chi connectivity index (χ3v) is 3.25. The summed E-state index contributed by atoms with van der Waals surface area (Å²) in [5.41, 5.74) is 2.03. The number of benzene rings is 1. The summed E-state index contributed by atoms with van der Waals surface area (Å²) in [5.74, 6) is 0. The van der Waals surface area contributed by atoms with Gasteiger partial charge in [0.15, 0.2) is 0 Å². The first kappa shape index (κ1) is 10.4. The van der Waals surface area contributed by atoms with Crippen LogP contribution in [0.15, 0.2) is 24.3 Å². The van der Waals surface area contributed by atoms with E-state index in [9.17, 15) is 4.79 Å². The first-order valence-corrected chi connectivity index (χ1v) is 5.57. The van der Waals surface area contributed by atoms with Gasteiger partial charge in [-0.3, -0.25) is 9.69 Å². The van der Waals surface area contributed by atoms with E-state index in [-0.39, 0.29) is 0 Å². The lowest BCUT2D eigenvalue weighted by Crippen LogP contribution is -2.30. The molecular weight excluding hydrogens is 186 g/mol. The van der Waals surface area contributed by atoms with Crippen molar-refractivity contribution < 1.29 is 4.79 Å². The van der Waals surface area contributed by atoms with Gasteiger partial charge in [-0.05, 0) is 32.0 Å². The molecule has 1 fully saturated rings. The molecule has 15 heavy (non-hydrogen) atoms. The van der Waals surface area contributed by atoms with Crippen molar-refractivity contribution in [2.24, 2.45) is 0 Å². The summed E-state index contributed by atoms with van der Waals surface area (Å²) in [7, 11) is 2.14. The van der Waals surface area contributed by atoms with Crippen molar-refractivity contribution in [2.45, 2.75) is 25.3 Å². The molecule has 1 unspecified atom stereocenters. The summed E-state index contributed by atoms with van der Waals surface area (Å²) >= 11 is 0. The molecule has 1 aromatic carbocycles. The number of hydrogen-bond acceptors (Lipinski definition) is 2. The predicted molar refractivity (Wildman–Crippen MR) is 61.1 cm³/mol. The molecule has 0 N–H and O–H groups in total. The number of rotatable bonds is 2. The lowest BCUT2D eigenvalue weighted by Gasteiger charge is -2.33. The van der Waals surface area contributed by atoms with E-state index in [2.05, 4.69) is 18.0 Å². The third-order valence-electron chi connectivity index (χ3n) is 3.25. The van der Waals surface area contributed by atoms with Crippen LogP contribution in [-0.4, -0.2) is 24.8 Å². The first-order valence-electron chi connectivity index (χ1n) is 5.57. The highest BCUT2D eigenvalue weighted by Gasteiger charge is 2.22. The summed E-state index contributed by atoms with van der Waals surface area (Å²) in [5, 5.41) is 0. The number of hydrogen-bond donors (Lipinski definition) is 0. The van der Waals surface area contributed by atoms with Crippen molar-refractivity contribution in [1.29, 1.82) is 0 Å². The van der Waals surface area contributed by atoms with Gasteiger partial charge in [-0.2, -0.15) is 0 Å². The second-order valence-electron chi connectivity index (χ2n) is 4.24. The molecular formula is C13H17NO. The molecule has 2 heteroatoms. The van der Waals surface area contributed by atoms with Crippen molar-refractivity contribution in [3.8, 4) is 0 Å². The zero-order chi connectivity index (χ0) is 10.7. The van der Waals surface area contributed by atoms with Crippen LogP contribution in [0.2, 0.25) is 0 Å². The Labute approximate surface area is 90.9 Å². The van der Waals surface area contributed by atoms with Crippen LogP contribution in [-0.2, 0) is 0 Å². The minimum absolute atomic E-state index is 0.431. The largest absolute Gasteiger partial charge is 0.299 e. The highest BCUT2D eigenvalue weighted by molar-refractivity contribution is 5.77. The quantitative estimate of drug-likeness (QED) is 0.689. The van der Waals surface area contributed by atoms with Crippen molar-refractivity contribution in [3.63, 3.8) is 0 Å². The van der Waals surface area contributed by atoms with Gasteiger partial charge in [-0.1, -0.05) is 30.7 Å². The van der Waals surface area contributed by atoms with E-state index >= 15 is 0 Å². The van der Waals surface area contributed by atoms with Crippen LogP contribution in [0.25, 0.3) is 0 Å². The van der Waals surface area contributed by atoms with Crippen molar-refractivity contribution >= 4 is 6.29 Å². The van der Waals surface area contributed by atoms with E-state index in [0.717, 1.165) is 18.4 Å². The molecule has 1 heterocycles. The van der Waals surface area contributed by atoms with Crippen LogP contribution in [0.5, 0.6) is 0 Å². The fourth-order valence-electron chi connectivity index (χ4n) is 2.39. The smallest absolute Gasteiger partial charge is 0.150 e. The molecule has 0 bridgehead atoms. The van der Waals surface area contributed by atoms with Crippen LogP contribution in [0.1, 0.15) is 41.2 Å². The molecule has 1 saturated heterocycles. The molecule has 0 spiro atoms. The Morgan fingerprint density at radius 3 is 2.87 bits per heavy atom. The monoisotopic (exact) mass is 203 g/mol. The van der Waals surface area contributed by atoms with Gasteiger partial charge in [-0.15, -0.1) is 0 Å². The standard InChI is InChI=1S/C13H17NO/c1-14-9-5-4-8-13(14)12-7-3-2-6-11(12)10-15/h2-3,6-7,10,13H,4-5,8-9H2,1H3. The molecule has 1 aromatic rings. The highest BCUT2D eigenvalue weighted by atomic mass is 16.1. The summed E-state index contributed by atoms with van der Waals surface area (Å²) in [6, 6.07) is 8.36. The molecule has 2 nitrogen and oxygen atoms in total. The van der Waals surface area contributed by atoms with Gasteiger partial charge in [0, 0.05) is 11.6 Å². The Morgan fingerprint density at radius 1 is 1.33 bits per heavy atom. The van der Waals surface area contributed by atoms with Crippen LogP contribution in [0, 0.1) is 0 Å². The summed E-state index contributed by atoms with van der Waals surface area (Å²) in [6.45, 7) is 1.14. The maximum absolute atomic E-state index is 11.0. The Kier molecular flexibility index (Phi) is 3.17. The van der Waals surface area contributed by atoms with E-state index < -0.39 is 0 Å². The molecule has 0 aromatic heterocycles. The summed E-state index contributed by atoms with van der Waals surface area (Å²) < 4.78 is 0. The van der Waals surface area contributed by atoms with Gasteiger partial charge in [0.25, 0.3) is 0 Å². The lowest BCUT2D eigenvalue weighted by molar-refractivity contribution is 0.111. The van der Waals surface area contributed by atoms with Gasteiger partial charge in [-0.25, -0.2) is 0 Å². The topological polar surface area (TPSA) is 20.3 Å². The number of likely N-dealkylation sites (tertiary alicyclic amines) is 1. The maximum Gasteiger partial charge on any atom is 0.150 e.